The largest absolute Gasteiger partial charge is 2.00 e. The third kappa shape index (κ3) is 34.7. The normalized spacial score (nSPS) is 18.9. The molecule has 60 heavy (non-hydrogen) atoms. The fraction of sp³-hybridized carbons (Fsp3) is 0.882. The quantitative estimate of drug-likeness (QED) is 0.0260. The molecule has 0 saturated carbocycles. The molecule has 0 aromatic rings. The molecule has 3 atom stereocenters. The minimum atomic E-state index is -1.05. The predicted octanol–water partition coefficient (Wildman–Crippen LogP) is 13.7. The van der Waals surface area contributed by atoms with Gasteiger partial charge in [0.1, 0.15) is 0 Å². The molecule has 0 aromatic heterocycles. The summed E-state index contributed by atoms with van der Waals surface area (Å²) >= 11 is 0. The van der Waals surface area contributed by atoms with Crippen LogP contribution in [0.2, 0.25) is 0 Å². The molecule has 0 N–H and O–H groups in total. The summed E-state index contributed by atoms with van der Waals surface area (Å²) in [6.07, 6.45) is 44.8. The van der Waals surface area contributed by atoms with Gasteiger partial charge in [-0.15, -0.1) is 0 Å². The fourth-order valence-corrected chi connectivity index (χ4v) is 7.93. The molecule has 0 aliphatic carbocycles. The number of rotatable bonds is 39. The number of ether oxygens (including phenoxy) is 4. The van der Waals surface area contributed by atoms with Crippen LogP contribution in [0.15, 0.2) is 12.2 Å². The standard InChI is InChI=1S/C33H58NO7.C18H35.U/c1-3-4-5-6-7-8-9-11-14-21-30(36)38-26-19-12-10-13-20-27-39-32(37)31-29(28-35)40-33(2,41-31)22-15-16-23-34-24-17-18-25-34;1-3-5-7-9-11-13-15-17-18-16-14-12-10-8-6-4-2;/h29,31H,3-27H2,1-2H3;17-18H,1,3-16H2,2H3;/q2*-1;+2/b;18-17-;. The Morgan fingerprint density at radius 2 is 1.13 bits per heavy atom. The average molecular weight is 1070 g/mol. The van der Waals surface area contributed by atoms with E-state index in [1.54, 1.807) is 6.92 Å². The Bertz CT molecular complexity index is 988. The van der Waals surface area contributed by atoms with Gasteiger partial charge in [0.25, 0.3) is 0 Å². The molecular formula is C51H93NO7U. The molecule has 2 saturated heterocycles. The topological polar surface area (TPSA) is 91.4 Å². The molecular weight excluding hydrogens is 977 g/mol. The third-order valence-corrected chi connectivity index (χ3v) is 11.7. The predicted molar refractivity (Wildman–Crippen MR) is 245 cm³/mol. The van der Waals surface area contributed by atoms with Gasteiger partial charge in [0, 0.05) is 18.9 Å². The van der Waals surface area contributed by atoms with Crippen molar-refractivity contribution in [3.05, 3.63) is 19.1 Å². The van der Waals surface area contributed by atoms with Crippen LogP contribution in [0, 0.1) is 38.0 Å². The van der Waals surface area contributed by atoms with Crippen LogP contribution in [0.25, 0.3) is 0 Å². The first-order chi connectivity index (χ1) is 28.9. The molecule has 3 unspecified atom stereocenters. The molecule has 2 rings (SSSR count). The summed E-state index contributed by atoms with van der Waals surface area (Å²) < 4.78 is 22.4. The van der Waals surface area contributed by atoms with Crippen molar-refractivity contribution in [2.24, 2.45) is 0 Å². The number of hydrogen-bond donors (Lipinski definition) is 0. The molecule has 2 heterocycles. The van der Waals surface area contributed by atoms with Gasteiger partial charge in [-0.2, -0.15) is 6.42 Å². The maximum absolute atomic E-state index is 12.6. The van der Waals surface area contributed by atoms with Gasteiger partial charge in [-0.3, -0.25) is 4.79 Å². The van der Waals surface area contributed by atoms with Crippen molar-refractivity contribution >= 4 is 18.2 Å². The van der Waals surface area contributed by atoms with Gasteiger partial charge < -0.3 is 35.6 Å². The van der Waals surface area contributed by atoms with Crippen LogP contribution in [0.1, 0.15) is 239 Å². The number of esters is 2. The van der Waals surface area contributed by atoms with Gasteiger partial charge in [0.05, 0.1) is 13.2 Å². The van der Waals surface area contributed by atoms with E-state index in [9.17, 15) is 14.4 Å². The molecule has 8 nitrogen and oxygen atoms in total. The number of carbonyl (C=O) groups excluding carboxylic acids is 3. The molecule has 0 radical (unpaired) electrons. The van der Waals surface area contributed by atoms with Gasteiger partial charge in [-0.05, 0) is 97.2 Å². The van der Waals surface area contributed by atoms with E-state index in [0.29, 0.717) is 19.4 Å². The first kappa shape index (κ1) is 59.3. The van der Waals surface area contributed by atoms with Crippen LogP contribution in [0.3, 0.4) is 0 Å². The Morgan fingerprint density at radius 1 is 0.650 bits per heavy atom. The molecule has 2 aliphatic rings. The Balaban J connectivity index is 0.00000154. The molecule has 348 valence electrons. The van der Waals surface area contributed by atoms with Crippen LogP contribution in [-0.4, -0.2) is 74.0 Å². The van der Waals surface area contributed by atoms with Crippen LogP contribution < -0.4 is 0 Å². The number of carbonyl (C=O) groups is 2. The van der Waals surface area contributed by atoms with E-state index in [4.69, 9.17) is 18.9 Å². The van der Waals surface area contributed by atoms with Crippen molar-refractivity contribution in [1.82, 2.24) is 4.90 Å². The number of nitrogens with zero attached hydrogens (tertiary/aromatic N) is 1. The summed E-state index contributed by atoms with van der Waals surface area (Å²) in [5.74, 6) is -1.60. The summed E-state index contributed by atoms with van der Waals surface area (Å²) in [6, 6.07) is 0. The zero-order valence-electron chi connectivity index (χ0n) is 39.4. The minimum absolute atomic E-state index is 0. The number of likely N-dealkylation sites (tertiary alicyclic amines) is 1. The zero-order chi connectivity index (χ0) is 42.9. The second-order valence-electron chi connectivity index (χ2n) is 17.5. The van der Waals surface area contributed by atoms with E-state index in [0.717, 1.165) is 70.8 Å². The summed E-state index contributed by atoms with van der Waals surface area (Å²) in [4.78, 5) is 38.3. The van der Waals surface area contributed by atoms with Crippen molar-refractivity contribution in [2.75, 3.05) is 32.8 Å². The Morgan fingerprint density at radius 3 is 1.67 bits per heavy atom. The van der Waals surface area contributed by atoms with E-state index in [1.807, 2.05) is 6.29 Å². The van der Waals surface area contributed by atoms with E-state index >= 15 is 0 Å². The van der Waals surface area contributed by atoms with E-state index < -0.39 is 24.0 Å². The molecule has 0 aromatic carbocycles. The zero-order valence-corrected chi connectivity index (χ0v) is 43.6. The second-order valence-corrected chi connectivity index (χ2v) is 17.5. The number of allylic oxidation sites excluding steroid dienone is 2. The first-order valence-electron chi connectivity index (χ1n) is 25.1. The molecule has 9 heteroatoms. The smallest absolute Gasteiger partial charge is 0.539 e. The summed E-state index contributed by atoms with van der Waals surface area (Å²) in [7, 11) is 0. The Kier molecular flexibility index (Phi) is 43.0. The van der Waals surface area contributed by atoms with Gasteiger partial charge in [-0.25, -0.2) is 11.1 Å². The maximum Gasteiger partial charge on any atom is 2.00 e. The van der Waals surface area contributed by atoms with Gasteiger partial charge in [0.2, 0.25) is 0 Å². The van der Waals surface area contributed by atoms with Crippen molar-refractivity contribution in [1.29, 1.82) is 0 Å². The SMILES string of the molecule is CCCCCCCCCCCC(=O)OCCCCCCCOC(=O)C1OC(C)(CCCCN2CCCC2)OC1[C-]=O.[CH2-]CCCCCCC/C=C\CCCCCCCC.[U+2]. The fourth-order valence-electron chi connectivity index (χ4n) is 7.93. The Labute approximate surface area is 394 Å². The van der Waals surface area contributed by atoms with Crippen molar-refractivity contribution in [3.63, 3.8) is 0 Å². The van der Waals surface area contributed by atoms with Crippen LogP contribution >= 0.6 is 0 Å². The average Bonchev–Trinajstić information content (AvgIpc) is 3.89. The second kappa shape index (κ2) is 43.5. The molecule has 2 aliphatic heterocycles. The summed E-state index contributed by atoms with van der Waals surface area (Å²) in [5, 5.41) is 0. The maximum atomic E-state index is 12.6. The van der Waals surface area contributed by atoms with Crippen molar-refractivity contribution in [2.45, 2.75) is 257 Å². The molecule has 0 bridgehead atoms. The minimum Gasteiger partial charge on any atom is -0.539 e. The first-order valence-corrected chi connectivity index (χ1v) is 25.1. The van der Waals surface area contributed by atoms with Gasteiger partial charge in [0.15, 0.2) is 11.9 Å². The molecule has 0 spiro atoms. The van der Waals surface area contributed by atoms with Crippen LogP contribution in [0.5, 0.6) is 0 Å². The van der Waals surface area contributed by atoms with Gasteiger partial charge >= 0.3 is 43.1 Å². The van der Waals surface area contributed by atoms with Crippen molar-refractivity contribution in [3.8, 4) is 0 Å². The Hall–Kier alpha value is -0.718. The summed E-state index contributed by atoms with van der Waals surface area (Å²) in [5.41, 5.74) is 0. The van der Waals surface area contributed by atoms with E-state index in [2.05, 4.69) is 37.8 Å². The molecule has 0 amide bonds. The van der Waals surface area contributed by atoms with E-state index in [-0.39, 0.29) is 43.7 Å². The summed E-state index contributed by atoms with van der Waals surface area (Å²) in [6.45, 7) is 14.4. The van der Waals surface area contributed by atoms with E-state index in [1.165, 1.54) is 154 Å². The number of unbranched alkanes of at least 4 members (excludes halogenated alkanes) is 25. The van der Waals surface area contributed by atoms with Crippen LogP contribution in [0.4, 0.5) is 0 Å². The third-order valence-electron chi connectivity index (χ3n) is 11.7. The van der Waals surface area contributed by atoms with Gasteiger partial charge in [-0.1, -0.05) is 154 Å². The monoisotopic (exact) mass is 1070 g/mol. The van der Waals surface area contributed by atoms with Crippen molar-refractivity contribution < 1.29 is 64.4 Å². The number of hydrogen-bond acceptors (Lipinski definition) is 8. The van der Waals surface area contributed by atoms with Crippen LogP contribution in [-0.2, 0) is 33.3 Å². The molecule has 2 fully saturated rings.